The molecule has 0 aromatic carbocycles. The number of aromatic nitrogens is 2. The molecular weight excluding hydrogens is 210 g/mol. The lowest BCUT2D eigenvalue weighted by Gasteiger charge is -2.28. The predicted octanol–water partition coefficient (Wildman–Crippen LogP) is 2.70. The summed E-state index contributed by atoms with van der Waals surface area (Å²) in [5.41, 5.74) is 0.817. The van der Waals surface area contributed by atoms with Gasteiger partial charge in [0, 0.05) is 19.3 Å². The average Bonchev–Trinajstić information content (AvgIpc) is 2.27. The van der Waals surface area contributed by atoms with E-state index < -0.39 is 0 Å². The molecule has 0 saturated heterocycles. The van der Waals surface area contributed by atoms with Gasteiger partial charge in [-0.3, -0.25) is 4.98 Å². The van der Waals surface area contributed by atoms with Gasteiger partial charge in [-0.05, 0) is 12.8 Å². The Kier molecular flexibility index (Phi) is 4.33. The van der Waals surface area contributed by atoms with Gasteiger partial charge < -0.3 is 4.90 Å². The lowest BCUT2D eigenvalue weighted by atomic mass is 10.1. The molecule has 0 radical (unpaired) electrons. The van der Waals surface area contributed by atoms with Crippen LogP contribution in [0.1, 0.15) is 26.5 Å². The highest BCUT2D eigenvalue weighted by Gasteiger charge is 2.14. The van der Waals surface area contributed by atoms with Crippen LogP contribution in [-0.2, 0) is 5.88 Å². The van der Waals surface area contributed by atoms with Crippen LogP contribution in [-0.4, -0.2) is 23.1 Å². The van der Waals surface area contributed by atoms with Crippen LogP contribution in [0, 0.1) is 5.92 Å². The Morgan fingerprint density at radius 3 is 2.53 bits per heavy atom. The van der Waals surface area contributed by atoms with E-state index in [-0.39, 0.29) is 0 Å². The quantitative estimate of drug-likeness (QED) is 0.741. The SMILES string of the molecule is CC(C)C(C)N(C)c1cncc(CCl)n1. The molecule has 1 unspecified atom stereocenters. The van der Waals surface area contributed by atoms with E-state index in [1.54, 1.807) is 12.4 Å². The molecule has 1 aromatic rings. The molecule has 15 heavy (non-hydrogen) atoms. The molecule has 0 bridgehead atoms. The highest BCUT2D eigenvalue weighted by molar-refractivity contribution is 6.16. The van der Waals surface area contributed by atoms with Crippen LogP contribution >= 0.6 is 11.6 Å². The first-order chi connectivity index (χ1) is 7.06. The summed E-state index contributed by atoms with van der Waals surface area (Å²) < 4.78 is 0. The molecule has 4 heteroatoms. The number of hydrogen-bond acceptors (Lipinski definition) is 3. The van der Waals surface area contributed by atoms with Gasteiger partial charge in [0.05, 0.1) is 17.8 Å². The zero-order valence-electron chi connectivity index (χ0n) is 9.74. The summed E-state index contributed by atoms with van der Waals surface area (Å²) in [6.07, 6.45) is 3.47. The molecule has 1 atom stereocenters. The van der Waals surface area contributed by atoms with Crippen LogP contribution in [0.4, 0.5) is 5.82 Å². The minimum Gasteiger partial charge on any atom is -0.355 e. The molecule has 0 spiro atoms. The van der Waals surface area contributed by atoms with Crippen LogP contribution in [0.25, 0.3) is 0 Å². The summed E-state index contributed by atoms with van der Waals surface area (Å²) in [5, 5.41) is 0. The smallest absolute Gasteiger partial charge is 0.147 e. The fourth-order valence-electron chi connectivity index (χ4n) is 1.29. The van der Waals surface area contributed by atoms with Crippen LogP contribution < -0.4 is 4.90 Å². The predicted molar refractivity (Wildman–Crippen MR) is 64.3 cm³/mol. The van der Waals surface area contributed by atoms with E-state index in [1.165, 1.54) is 0 Å². The molecule has 0 amide bonds. The number of alkyl halides is 1. The largest absolute Gasteiger partial charge is 0.355 e. The normalized spacial score (nSPS) is 12.9. The molecule has 0 aliphatic carbocycles. The van der Waals surface area contributed by atoms with Crippen molar-refractivity contribution in [1.29, 1.82) is 0 Å². The molecule has 1 rings (SSSR count). The second kappa shape index (κ2) is 5.31. The molecular formula is C11H18ClN3. The summed E-state index contributed by atoms with van der Waals surface area (Å²) in [6.45, 7) is 6.57. The minimum atomic E-state index is 0.407. The van der Waals surface area contributed by atoms with Crippen molar-refractivity contribution < 1.29 is 0 Å². The van der Waals surface area contributed by atoms with Gasteiger partial charge in [0.2, 0.25) is 0 Å². The van der Waals surface area contributed by atoms with E-state index in [1.807, 2.05) is 7.05 Å². The lowest BCUT2D eigenvalue weighted by molar-refractivity contribution is 0.502. The van der Waals surface area contributed by atoms with Gasteiger partial charge in [-0.25, -0.2) is 4.98 Å². The molecule has 84 valence electrons. The zero-order chi connectivity index (χ0) is 11.4. The van der Waals surface area contributed by atoms with E-state index in [0.717, 1.165) is 11.5 Å². The first-order valence-electron chi connectivity index (χ1n) is 5.16. The van der Waals surface area contributed by atoms with Crippen LogP contribution in [0.5, 0.6) is 0 Å². The van der Waals surface area contributed by atoms with Gasteiger partial charge in [-0.1, -0.05) is 13.8 Å². The zero-order valence-corrected chi connectivity index (χ0v) is 10.5. The molecule has 1 aromatic heterocycles. The van der Waals surface area contributed by atoms with E-state index in [2.05, 4.69) is 35.6 Å². The van der Waals surface area contributed by atoms with Crippen LogP contribution in [0.2, 0.25) is 0 Å². The van der Waals surface area contributed by atoms with Gasteiger partial charge in [-0.2, -0.15) is 0 Å². The Balaban J connectivity index is 2.85. The van der Waals surface area contributed by atoms with Crippen molar-refractivity contribution >= 4 is 17.4 Å². The summed E-state index contributed by atoms with van der Waals surface area (Å²) in [7, 11) is 2.03. The average molecular weight is 228 g/mol. The topological polar surface area (TPSA) is 29.0 Å². The molecule has 0 aliphatic rings. The van der Waals surface area contributed by atoms with E-state index >= 15 is 0 Å². The number of anilines is 1. The second-order valence-corrected chi connectivity index (χ2v) is 4.37. The van der Waals surface area contributed by atoms with E-state index in [4.69, 9.17) is 11.6 Å². The molecule has 1 heterocycles. The number of rotatable bonds is 4. The number of halogens is 1. The van der Waals surface area contributed by atoms with Crippen molar-refractivity contribution in [2.45, 2.75) is 32.7 Å². The summed E-state index contributed by atoms with van der Waals surface area (Å²) in [5.74, 6) is 1.87. The third-order valence-electron chi connectivity index (χ3n) is 2.75. The first-order valence-corrected chi connectivity index (χ1v) is 5.69. The Morgan fingerprint density at radius 1 is 1.33 bits per heavy atom. The van der Waals surface area contributed by atoms with Crippen molar-refractivity contribution in [1.82, 2.24) is 9.97 Å². The standard InChI is InChI=1S/C11H18ClN3/c1-8(2)9(3)15(4)11-7-13-6-10(5-12)14-11/h6-9H,5H2,1-4H3. The van der Waals surface area contributed by atoms with E-state index in [0.29, 0.717) is 17.8 Å². The van der Waals surface area contributed by atoms with Gasteiger partial charge in [0.15, 0.2) is 0 Å². The van der Waals surface area contributed by atoms with Crippen molar-refractivity contribution in [2.75, 3.05) is 11.9 Å². The summed E-state index contributed by atoms with van der Waals surface area (Å²) >= 11 is 5.72. The molecule has 0 fully saturated rings. The van der Waals surface area contributed by atoms with Crippen molar-refractivity contribution in [2.24, 2.45) is 5.92 Å². The van der Waals surface area contributed by atoms with Gasteiger partial charge in [-0.15, -0.1) is 11.6 Å². The monoisotopic (exact) mass is 227 g/mol. The fraction of sp³-hybridized carbons (Fsp3) is 0.636. The Labute approximate surface area is 96.5 Å². The van der Waals surface area contributed by atoms with Crippen molar-refractivity contribution in [3.63, 3.8) is 0 Å². The second-order valence-electron chi connectivity index (χ2n) is 4.10. The Hall–Kier alpha value is -0.830. The minimum absolute atomic E-state index is 0.407. The van der Waals surface area contributed by atoms with Crippen molar-refractivity contribution in [3.8, 4) is 0 Å². The van der Waals surface area contributed by atoms with Crippen LogP contribution in [0.3, 0.4) is 0 Å². The highest BCUT2D eigenvalue weighted by atomic mass is 35.5. The van der Waals surface area contributed by atoms with Gasteiger partial charge in [0.25, 0.3) is 0 Å². The number of hydrogen-bond donors (Lipinski definition) is 0. The Bertz CT molecular complexity index is 314. The van der Waals surface area contributed by atoms with Crippen molar-refractivity contribution in [3.05, 3.63) is 18.1 Å². The molecule has 0 saturated carbocycles. The van der Waals surface area contributed by atoms with Gasteiger partial charge in [0.1, 0.15) is 5.82 Å². The van der Waals surface area contributed by atoms with E-state index in [9.17, 15) is 0 Å². The lowest BCUT2D eigenvalue weighted by Crippen LogP contribution is -2.33. The first kappa shape index (κ1) is 12.2. The maximum Gasteiger partial charge on any atom is 0.147 e. The highest BCUT2D eigenvalue weighted by Crippen LogP contribution is 2.16. The fourth-order valence-corrected chi connectivity index (χ4v) is 1.41. The Morgan fingerprint density at radius 2 is 2.00 bits per heavy atom. The maximum atomic E-state index is 5.72. The molecule has 0 aliphatic heterocycles. The summed E-state index contributed by atoms with van der Waals surface area (Å²) in [4.78, 5) is 10.7. The maximum absolute atomic E-state index is 5.72. The van der Waals surface area contributed by atoms with Crippen LogP contribution in [0.15, 0.2) is 12.4 Å². The third kappa shape index (κ3) is 3.06. The third-order valence-corrected chi connectivity index (χ3v) is 3.02. The summed E-state index contributed by atoms with van der Waals surface area (Å²) in [6, 6.07) is 0.435. The van der Waals surface area contributed by atoms with Gasteiger partial charge >= 0.3 is 0 Å². The molecule has 0 N–H and O–H groups in total. The molecule has 3 nitrogen and oxygen atoms in total. The number of nitrogens with zero attached hydrogens (tertiary/aromatic N) is 3.